The first-order valence-corrected chi connectivity index (χ1v) is 8.21. The van der Waals surface area contributed by atoms with E-state index in [4.69, 9.17) is 5.11 Å². The fourth-order valence-corrected chi connectivity index (χ4v) is 4.13. The van der Waals surface area contributed by atoms with E-state index < -0.39 is 33.9 Å². The van der Waals surface area contributed by atoms with Gasteiger partial charge in [0.2, 0.25) is 10.0 Å². The van der Waals surface area contributed by atoms with E-state index in [1.165, 1.54) is 12.1 Å². The molecule has 1 aliphatic heterocycles. The molecule has 1 heterocycles. The molecule has 1 fully saturated rings. The maximum Gasteiger partial charge on any atom is 0.322 e. The lowest BCUT2D eigenvalue weighted by Crippen LogP contribution is -2.51. The number of carboxylic acids is 2. The molecule has 2 unspecified atom stereocenters. The number of sulfonamides is 1. The molecule has 22 heavy (non-hydrogen) atoms. The number of piperidine rings is 1. The average Bonchev–Trinajstić information content (AvgIpc) is 2.46. The van der Waals surface area contributed by atoms with Gasteiger partial charge in [0.15, 0.2) is 0 Å². The Hall–Kier alpha value is -1.93. The first-order chi connectivity index (χ1) is 10.2. The summed E-state index contributed by atoms with van der Waals surface area (Å²) in [6.07, 6.45) is -0.125. The summed E-state index contributed by atoms with van der Waals surface area (Å²) < 4.78 is 26.1. The molecule has 0 radical (unpaired) electrons. The normalized spacial score (nSPS) is 23.1. The van der Waals surface area contributed by atoms with Crippen LogP contribution in [0.25, 0.3) is 0 Å². The molecule has 7 nitrogen and oxygen atoms in total. The number of hydrogen-bond donors (Lipinski definition) is 2. The largest absolute Gasteiger partial charge is 0.481 e. The highest BCUT2D eigenvalue weighted by Crippen LogP contribution is 2.29. The van der Waals surface area contributed by atoms with Crippen molar-refractivity contribution in [1.29, 1.82) is 0 Å². The van der Waals surface area contributed by atoms with Crippen molar-refractivity contribution in [3.63, 3.8) is 0 Å². The Morgan fingerprint density at radius 1 is 1.14 bits per heavy atom. The maximum absolute atomic E-state index is 12.6. The summed E-state index contributed by atoms with van der Waals surface area (Å²) in [6.45, 7) is 1.69. The molecule has 0 bridgehead atoms. The topological polar surface area (TPSA) is 112 Å². The Kier molecular flexibility index (Phi) is 4.52. The van der Waals surface area contributed by atoms with Crippen LogP contribution in [-0.4, -0.2) is 47.5 Å². The van der Waals surface area contributed by atoms with Crippen LogP contribution in [0.4, 0.5) is 0 Å². The second-order valence-corrected chi connectivity index (χ2v) is 7.23. The minimum atomic E-state index is -3.96. The molecule has 0 amide bonds. The summed E-state index contributed by atoms with van der Waals surface area (Å²) >= 11 is 0. The second-order valence-electron chi connectivity index (χ2n) is 5.34. The quantitative estimate of drug-likeness (QED) is 0.851. The Labute approximate surface area is 128 Å². The molecule has 1 aliphatic rings. The van der Waals surface area contributed by atoms with E-state index >= 15 is 0 Å². The maximum atomic E-state index is 12.6. The molecule has 2 atom stereocenters. The van der Waals surface area contributed by atoms with Crippen LogP contribution in [0.15, 0.2) is 29.2 Å². The summed E-state index contributed by atoms with van der Waals surface area (Å²) in [5.74, 6) is -3.27. The van der Waals surface area contributed by atoms with Crippen LogP contribution in [0, 0.1) is 12.8 Å². The van der Waals surface area contributed by atoms with Crippen LogP contribution in [0.5, 0.6) is 0 Å². The van der Waals surface area contributed by atoms with Crippen molar-refractivity contribution in [3.8, 4) is 0 Å². The summed E-state index contributed by atoms with van der Waals surface area (Å²) in [6, 6.07) is 4.75. The molecule has 0 saturated carbocycles. The SMILES string of the molecule is Cc1ccc(S(=O)(=O)N2CCC(C(=O)O)CC2C(=O)O)cc1. The van der Waals surface area contributed by atoms with Gasteiger partial charge in [-0.05, 0) is 31.9 Å². The van der Waals surface area contributed by atoms with E-state index in [0.717, 1.165) is 9.87 Å². The van der Waals surface area contributed by atoms with Gasteiger partial charge in [-0.3, -0.25) is 9.59 Å². The van der Waals surface area contributed by atoms with Gasteiger partial charge >= 0.3 is 11.9 Å². The number of aryl methyl sites for hydroxylation is 1. The number of hydrogen-bond acceptors (Lipinski definition) is 4. The fourth-order valence-electron chi connectivity index (χ4n) is 2.53. The summed E-state index contributed by atoms with van der Waals surface area (Å²) in [4.78, 5) is 22.4. The molecule has 0 aliphatic carbocycles. The van der Waals surface area contributed by atoms with Gasteiger partial charge in [-0.1, -0.05) is 17.7 Å². The molecule has 120 valence electrons. The van der Waals surface area contributed by atoms with Gasteiger partial charge in [0.1, 0.15) is 6.04 Å². The predicted octanol–water partition coefficient (Wildman–Crippen LogP) is 0.934. The van der Waals surface area contributed by atoms with Gasteiger partial charge in [-0.25, -0.2) is 8.42 Å². The molecular formula is C14H17NO6S. The first kappa shape index (κ1) is 16.4. The Bertz CT molecular complexity index is 682. The molecule has 0 spiro atoms. The highest BCUT2D eigenvalue weighted by molar-refractivity contribution is 7.89. The minimum Gasteiger partial charge on any atom is -0.481 e. The fraction of sp³-hybridized carbons (Fsp3) is 0.429. The standard InChI is InChI=1S/C14H17NO6S/c1-9-2-4-11(5-3-9)22(20,21)15-7-6-10(13(16)17)8-12(15)14(18)19/h2-5,10,12H,6-8H2,1H3,(H,16,17)(H,18,19). The molecule has 1 aromatic carbocycles. The van der Waals surface area contributed by atoms with Gasteiger partial charge in [-0.15, -0.1) is 0 Å². The van der Waals surface area contributed by atoms with Crippen molar-refractivity contribution >= 4 is 22.0 Å². The monoisotopic (exact) mass is 327 g/mol. The van der Waals surface area contributed by atoms with E-state index in [1.807, 2.05) is 6.92 Å². The molecule has 0 aromatic heterocycles. The second kappa shape index (κ2) is 6.05. The Morgan fingerprint density at radius 3 is 2.23 bits per heavy atom. The number of nitrogens with zero attached hydrogens (tertiary/aromatic N) is 1. The molecule has 1 saturated heterocycles. The lowest BCUT2D eigenvalue weighted by molar-refractivity contribution is -0.148. The summed E-state index contributed by atoms with van der Waals surface area (Å²) in [7, 11) is -3.96. The third kappa shape index (κ3) is 3.12. The first-order valence-electron chi connectivity index (χ1n) is 6.77. The van der Waals surface area contributed by atoms with Crippen LogP contribution in [0.2, 0.25) is 0 Å². The van der Waals surface area contributed by atoms with Crippen LogP contribution >= 0.6 is 0 Å². The van der Waals surface area contributed by atoms with Crippen molar-refractivity contribution < 1.29 is 28.2 Å². The van der Waals surface area contributed by atoms with Gasteiger partial charge in [0.05, 0.1) is 10.8 Å². The number of carboxylic acid groups (broad SMARTS) is 2. The van der Waals surface area contributed by atoms with Gasteiger partial charge in [0, 0.05) is 6.54 Å². The number of carbonyl (C=O) groups is 2. The van der Waals surface area contributed by atoms with Crippen molar-refractivity contribution in [3.05, 3.63) is 29.8 Å². The lowest BCUT2D eigenvalue weighted by atomic mass is 9.93. The molecule has 2 N–H and O–H groups in total. The van der Waals surface area contributed by atoms with Crippen LogP contribution in [-0.2, 0) is 19.6 Å². The average molecular weight is 327 g/mol. The van der Waals surface area contributed by atoms with E-state index in [9.17, 15) is 23.1 Å². The highest BCUT2D eigenvalue weighted by atomic mass is 32.2. The Balaban J connectivity index is 2.35. The van der Waals surface area contributed by atoms with E-state index in [1.54, 1.807) is 12.1 Å². The van der Waals surface area contributed by atoms with Crippen LogP contribution in [0.3, 0.4) is 0 Å². The third-order valence-electron chi connectivity index (χ3n) is 3.82. The van der Waals surface area contributed by atoms with Crippen molar-refractivity contribution in [2.75, 3.05) is 6.54 Å². The molecule has 1 aromatic rings. The van der Waals surface area contributed by atoms with Gasteiger partial charge < -0.3 is 10.2 Å². The third-order valence-corrected chi connectivity index (χ3v) is 5.74. The zero-order valence-electron chi connectivity index (χ0n) is 12.0. The number of rotatable bonds is 4. The van der Waals surface area contributed by atoms with Crippen LogP contribution < -0.4 is 0 Å². The zero-order valence-corrected chi connectivity index (χ0v) is 12.8. The molecular weight excluding hydrogens is 310 g/mol. The number of aliphatic carboxylic acids is 2. The van der Waals surface area contributed by atoms with Crippen molar-refractivity contribution in [1.82, 2.24) is 4.31 Å². The highest BCUT2D eigenvalue weighted by Gasteiger charge is 2.42. The Morgan fingerprint density at radius 2 is 1.73 bits per heavy atom. The zero-order chi connectivity index (χ0) is 16.5. The van der Waals surface area contributed by atoms with Gasteiger partial charge in [-0.2, -0.15) is 4.31 Å². The predicted molar refractivity (Wildman–Crippen MR) is 76.9 cm³/mol. The number of benzene rings is 1. The van der Waals surface area contributed by atoms with Gasteiger partial charge in [0.25, 0.3) is 0 Å². The van der Waals surface area contributed by atoms with E-state index in [0.29, 0.717) is 0 Å². The molecule has 8 heteroatoms. The van der Waals surface area contributed by atoms with Crippen molar-refractivity contribution in [2.45, 2.75) is 30.7 Å². The summed E-state index contributed by atoms with van der Waals surface area (Å²) in [5.41, 5.74) is 0.887. The molecule has 2 rings (SSSR count). The lowest BCUT2D eigenvalue weighted by Gasteiger charge is -2.34. The smallest absolute Gasteiger partial charge is 0.322 e. The minimum absolute atomic E-state index is 0.0122. The van der Waals surface area contributed by atoms with Crippen molar-refractivity contribution in [2.24, 2.45) is 5.92 Å². The van der Waals surface area contributed by atoms with Crippen LogP contribution in [0.1, 0.15) is 18.4 Å². The summed E-state index contributed by atoms with van der Waals surface area (Å²) in [5, 5.41) is 18.3. The van der Waals surface area contributed by atoms with E-state index in [-0.39, 0.29) is 24.3 Å². The van der Waals surface area contributed by atoms with E-state index in [2.05, 4.69) is 0 Å².